The van der Waals surface area contributed by atoms with E-state index in [-0.39, 0.29) is 25.5 Å². The number of nitrogens with zero attached hydrogens (tertiary/aromatic N) is 2. The zero-order valence-electron chi connectivity index (χ0n) is 14.6. The van der Waals surface area contributed by atoms with E-state index in [2.05, 4.69) is 10.5 Å². The fraction of sp³-hybridized carbons (Fsp3) is 0.263. The van der Waals surface area contributed by atoms with Crippen molar-refractivity contribution in [1.82, 2.24) is 15.0 Å². The molecule has 0 atom stereocenters. The fourth-order valence-electron chi connectivity index (χ4n) is 2.96. The summed E-state index contributed by atoms with van der Waals surface area (Å²) in [4.78, 5) is 21.9. The van der Waals surface area contributed by atoms with Gasteiger partial charge in [0, 0.05) is 30.7 Å². The quantitative estimate of drug-likeness (QED) is 0.524. The van der Waals surface area contributed by atoms with E-state index < -0.39 is 5.91 Å². The Bertz CT molecular complexity index is 953. The van der Waals surface area contributed by atoms with Crippen LogP contribution in [0, 0.1) is 12.7 Å². The molecule has 26 heavy (non-hydrogen) atoms. The molecule has 0 aliphatic rings. The van der Waals surface area contributed by atoms with Crippen molar-refractivity contribution in [3.63, 3.8) is 0 Å². The lowest BCUT2D eigenvalue weighted by Crippen LogP contribution is -2.26. The molecule has 2 N–H and O–H groups in total. The van der Waals surface area contributed by atoms with Crippen LogP contribution in [0.2, 0.25) is 0 Å². The molecule has 136 valence electrons. The van der Waals surface area contributed by atoms with Crippen LogP contribution in [-0.4, -0.2) is 33.8 Å². The van der Waals surface area contributed by atoms with Crippen LogP contribution < -0.4 is 5.48 Å². The van der Waals surface area contributed by atoms with E-state index in [0.29, 0.717) is 27.9 Å². The number of aryl methyl sites for hydroxylation is 2. The van der Waals surface area contributed by atoms with Crippen molar-refractivity contribution in [2.45, 2.75) is 13.3 Å². The second kappa shape index (κ2) is 7.63. The SMILES string of the molecule is Cc1ccc(Cc2c(C(=O)NOCCO)c3cccnc3n2C)c(F)c1. The van der Waals surface area contributed by atoms with E-state index >= 15 is 0 Å². The maximum absolute atomic E-state index is 14.3. The number of hydrogen-bond acceptors (Lipinski definition) is 4. The molecule has 0 saturated carbocycles. The number of aliphatic hydroxyl groups excluding tert-OH is 1. The molecule has 0 fully saturated rings. The average molecular weight is 357 g/mol. The van der Waals surface area contributed by atoms with Crippen molar-refractivity contribution >= 4 is 16.9 Å². The maximum Gasteiger partial charge on any atom is 0.277 e. The number of amides is 1. The standard InChI is InChI=1S/C19H20FN3O3/c1-12-5-6-13(15(20)10-12)11-16-17(19(25)22-26-9-8-24)14-4-3-7-21-18(14)23(16)2/h3-7,10,24H,8-9,11H2,1-2H3,(H,22,25). The molecule has 3 rings (SSSR count). The second-order valence-electron chi connectivity index (χ2n) is 6.03. The third-order valence-electron chi connectivity index (χ3n) is 4.22. The van der Waals surface area contributed by atoms with Crippen LogP contribution in [0.15, 0.2) is 36.5 Å². The minimum atomic E-state index is -0.459. The smallest absolute Gasteiger partial charge is 0.277 e. The van der Waals surface area contributed by atoms with Gasteiger partial charge in [0.1, 0.15) is 11.5 Å². The Labute approximate surface area is 150 Å². The Hall–Kier alpha value is -2.77. The van der Waals surface area contributed by atoms with Gasteiger partial charge in [0.05, 0.1) is 18.8 Å². The van der Waals surface area contributed by atoms with E-state index in [1.807, 2.05) is 13.0 Å². The van der Waals surface area contributed by atoms with Crippen LogP contribution in [0.3, 0.4) is 0 Å². The molecular formula is C19H20FN3O3. The Balaban J connectivity index is 2.06. The minimum absolute atomic E-state index is 0.0172. The lowest BCUT2D eigenvalue weighted by molar-refractivity contribution is 0.0169. The van der Waals surface area contributed by atoms with Crippen molar-refractivity contribution in [1.29, 1.82) is 0 Å². The molecule has 0 aliphatic carbocycles. The molecule has 3 aromatic rings. The number of benzene rings is 1. The van der Waals surface area contributed by atoms with Gasteiger partial charge in [-0.15, -0.1) is 0 Å². The Morgan fingerprint density at radius 3 is 2.92 bits per heavy atom. The molecule has 6 nitrogen and oxygen atoms in total. The number of aromatic nitrogens is 2. The summed E-state index contributed by atoms with van der Waals surface area (Å²) in [6, 6.07) is 8.56. The number of halogens is 1. The van der Waals surface area contributed by atoms with E-state index in [9.17, 15) is 9.18 Å². The zero-order valence-corrected chi connectivity index (χ0v) is 14.6. The molecule has 2 heterocycles. The van der Waals surface area contributed by atoms with Crippen molar-refractivity contribution in [2.24, 2.45) is 7.05 Å². The molecule has 0 aliphatic heterocycles. The molecule has 0 bridgehead atoms. The molecule has 7 heteroatoms. The summed E-state index contributed by atoms with van der Waals surface area (Å²) >= 11 is 0. The first-order chi connectivity index (χ1) is 12.5. The van der Waals surface area contributed by atoms with Crippen LogP contribution in [-0.2, 0) is 18.3 Å². The summed E-state index contributed by atoms with van der Waals surface area (Å²) in [5, 5.41) is 9.45. The largest absolute Gasteiger partial charge is 0.394 e. The summed E-state index contributed by atoms with van der Waals surface area (Å²) < 4.78 is 16.1. The van der Waals surface area contributed by atoms with Crippen molar-refractivity contribution in [3.05, 3.63) is 64.7 Å². The molecule has 1 aromatic carbocycles. The first kappa shape index (κ1) is 18.0. The van der Waals surface area contributed by atoms with Gasteiger partial charge in [-0.25, -0.2) is 14.9 Å². The topological polar surface area (TPSA) is 76.4 Å². The predicted molar refractivity (Wildman–Crippen MR) is 95.2 cm³/mol. The van der Waals surface area contributed by atoms with Crippen LogP contribution >= 0.6 is 0 Å². The summed E-state index contributed by atoms with van der Waals surface area (Å²) in [6.45, 7) is 1.60. The van der Waals surface area contributed by atoms with Gasteiger partial charge in [-0.2, -0.15) is 0 Å². The van der Waals surface area contributed by atoms with Gasteiger partial charge in [0.25, 0.3) is 5.91 Å². The fourth-order valence-corrected chi connectivity index (χ4v) is 2.96. The number of rotatable bonds is 6. The number of hydrogen-bond donors (Lipinski definition) is 2. The van der Waals surface area contributed by atoms with Gasteiger partial charge >= 0.3 is 0 Å². The highest BCUT2D eigenvalue weighted by molar-refractivity contribution is 6.07. The predicted octanol–water partition coefficient (Wildman–Crippen LogP) is 2.27. The minimum Gasteiger partial charge on any atom is -0.394 e. The van der Waals surface area contributed by atoms with Crippen LogP contribution in [0.5, 0.6) is 0 Å². The Morgan fingerprint density at radius 1 is 1.38 bits per heavy atom. The molecule has 0 unspecified atom stereocenters. The lowest BCUT2D eigenvalue weighted by atomic mass is 10.0. The number of aliphatic hydroxyl groups is 1. The van der Waals surface area contributed by atoms with Crippen LogP contribution in [0.4, 0.5) is 4.39 Å². The molecule has 1 amide bonds. The van der Waals surface area contributed by atoms with Gasteiger partial charge < -0.3 is 9.67 Å². The van der Waals surface area contributed by atoms with Crippen LogP contribution in [0.1, 0.15) is 27.2 Å². The highest BCUT2D eigenvalue weighted by atomic mass is 19.1. The van der Waals surface area contributed by atoms with Crippen LogP contribution in [0.25, 0.3) is 11.0 Å². The van der Waals surface area contributed by atoms with E-state index in [4.69, 9.17) is 9.94 Å². The van der Waals surface area contributed by atoms with Crippen molar-refractivity contribution < 1.29 is 19.1 Å². The highest BCUT2D eigenvalue weighted by Gasteiger charge is 2.23. The first-order valence-corrected chi connectivity index (χ1v) is 8.23. The monoisotopic (exact) mass is 357 g/mol. The van der Waals surface area contributed by atoms with E-state index in [0.717, 1.165) is 5.56 Å². The molecule has 0 saturated heterocycles. The second-order valence-corrected chi connectivity index (χ2v) is 6.03. The highest BCUT2D eigenvalue weighted by Crippen LogP contribution is 2.27. The number of pyridine rings is 1. The van der Waals surface area contributed by atoms with Crippen molar-refractivity contribution in [3.8, 4) is 0 Å². The molecular weight excluding hydrogens is 337 g/mol. The van der Waals surface area contributed by atoms with Crippen molar-refractivity contribution in [2.75, 3.05) is 13.2 Å². The molecule has 0 radical (unpaired) electrons. The Kier molecular flexibility index (Phi) is 5.29. The van der Waals surface area contributed by atoms with E-state index in [1.165, 1.54) is 6.07 Å². The summed E-state index contributed by atoms with van der Waals surface area (Å²) in [5.74, 6) is -0.773. The van der Waals surface area contributed by atoms with Gasteiger partial charge in [0.2, 0.25) is 0 Å². The number of nitrogens with one attached hydrogen (secondary N) is 1. The van der Waals surface area contributed by atoms with Gasteiger partial charge in [0.15, 0.2) is 0 Å². The third kappa shape index (κ3) is 3.44. The van der Waals surface area contributed by atoms with Gasteiger partial charge in [-0.1, -0.05) is 12.1 Å². The Morgan fingerprint density at radius 2 is 2.19 bits per heavy atom. The summed E-state index contributed by atoms with van der Waals surface area (Å²) in [7, 11) is 1.79. The number of carbonyl (C=O) groups excluding carboxylic acids is 1. The van der Waals surface area contributed by atoms with Gasteiger partial charge in [-0.05, 0) is 36.2 Å². The summed E-state index contributed by atoms with van der Waals surface area (Å²) in [5.41, 5.74) is 5.29. The average Bonchev–Trinajstić information content (AvgIpc) is 2.90. The zero-order chi connectivity index (χ0) is 18.7. The van der Waals surface area contributed by atoms with Gasteiger partial charge in [-0.3, -0.25) is 9.63 Å². The number of fused-ring (bicyclic) bond motifs is 1. The number of hydroxylamine groups is 1. The maximum atomic E-state index is 14.3. The lowest BCUT2D eigenvalue weighted by Gasteiger charge is -2.10. The van der Waals surface area contributed by atoms with E-state index in [1.54, 1.807) is 36.0 Å². The molecule has 2 aromatic heterocycles. The first-order valence-electron chi connectivity index (χ1n) is 8.23. The number of carbonyl (C=O) groups is 1. The summed E-state index contributed by atoms with van der Waals surface area (Å²) in [6.07, 6.45) is 1.88. The molecule has 0 spiro atoms. The third-order valence-corrected chi connectivity index (χ3v) is 4.22. The normalized spacial score (nSPS) is 11.1.